The van der Waals surface area contributed by atoms with E-state index >= 15 is 0 Å². The van der Waals surface area contributed by atoms with Crippen molar-refractivity contribution < 1.29 is 19.1 Å². The molecule has 1 saturated carbocycles. The van der Waals surface area contributed by atoms with Crippen molar-refractivity contribution in [1.82, 2.24) is 9.55 Å². The molecule has 0 unspecified atom stereocenters. The van der Waals surface area contributed by atoms with Gasteiger partial charge in [-0.25, -0.2) is 9.78 Å². The van der Waals surface area contributed by atoms with Crippen molar-refractivity contribution in [3.05, 3.63) is 78.1 Å². The van der Waals surface area contributed by atoms with Crippen molar-refractivity contribution in [3.8, 4) is 16.9 Å². The second-order valence-corrected chi connectivity index (χ2v) is 13.3. The lowest BCUT2D eigenvalue weighted by molar-refractivity contribution is -0.116. The summed E-state index contributed by atoms with van der Waals surface area (Å²) in [7, 11) is 0. The zero-order chi connectivity index (χ0) is 32.0. The van der Waals surface area contributed by atoms with Crippen LogP contribution in [0, 0.1) is 5.92 Å². The number of imidazole rings is 1. The topological polar surface area (TPSA) is 73.7 Å². The Morgan fingerprint density at radius 2 is 1.71 bits per heavy atom. The van der Waals surface area contributed by atoms with Gasteiger partial charge in [-0.3, -0.25) is 4.79 Å². The summed E-state index contributed by atoms with van der Waals surface area (Å²) in [5.74, 6) is 2.16. The van der Waals surface area contributed by atoms with E-state index in [2.05, 4.69) is 54.0 Å². The molecule has 0 bridgehead atoms. The molecule has 1 heterocycles. The minimum absolute atomic E-state index is 0.0868. The first-order valence-corrected chi connectivity index (χ1v) is 16.5. The third-order valence-corrected chi connectivity index (χ3v) is 8.50. The van der Waals surface area contributed by atoms with E-state index in [9.17, 15) is 9.59 Å². The molecule has 45 heavy (non-hydrogen) atoms. The van der Waals surface area contributed by atoms with Gasteiger partial charge >= 0.3 is 6.16 Å². The Balaban J connectivity index is 1.42. The van der Waals surface area contributed by atoms with Crippen molar-refractivity contribution in [2.45, 2.75) is 98.1 Å². The number of unbranched alkanes of at least 4 members (excludes halogenated alkanes) is 1. The summed E-state index contributed by atoms with van der Waals surface area (Å²) < 4.78 is 13.3. The van der Waals surface area contributed by atoms with Gasteiger partial charge in [0, 0.05) is 37.7 Å². The summed E-state index contributed by atoms with van der Waals surface area (Å²) in [6, 6.07) is 22.1. The molecule has 0 spiro atoms. The first kappa shape index (κ1) is 32.3. The number of carbonyl (C=O) groups excluding carboxylic acids is 2. The first-order chi connectivity index (χ1) is 21.6. The molecule has 7 nitrogen and oxygen atoms in total. The highest BCUT2D eigenvalue weighted by Crippen LogP contribution is 2.32. The molecule has 0 radical (unpaired) electrons. The number of rotatable bonds is 10. The Hall–Kier alpha value is -4.13. The van der Waals surface area contributed by atoms with E-state index in [0.29, 0.717) is 18.2 Å². The van der Waals surface area contributed by atoms with Crippen LogP contribution in [0.3, 0.4) is 0 Å². The molecule has 4 aromatic rings. The van der Waals surface area contributed by atoms with E-state index in [4.69, 9.17) is 14.5 Å². The Labute approximate surface area is 267 Å². The number of fused-ring (bicyclic) bond motifs is 1. The number of hydrogen-bond donors (Lipinski definition) is 0. The minimum Gasteiger partial charge on any atom is -0.428 e. The Morgan fingerprint density at radius 1 is 0.978 bits per heavy atom. The summed E-state index contributed by atoms with van der Waals surface area (Å²) in [4.78, 5) is 32.2. The van der Waals surface area contributed by atoms with E-state index in [-0.39, 0.29) is 5.91 Å². The van der Waals surface area contributed by atoms with Crippen LogP contribution in [-0.2, 0) is 22.5 Å². The van der Waals surface area contributed by atoms with Gasteiger partial charge in [0.2, 0.25) is 5.91 Å². The van der Waals surface area contributed by atoms with E-state index < -0.39 is 11.8 Å². The lowest BCUT2D eigenvalue weighted by atomic mass is 9.89. The maximum Gasteiger partial charge on any atom is 0.514 e. The number of aryl methyl sites for hydroxylation is 1. The fraction of sp³-hybridized carbons (Fsp3) is 0.447. The van der Waals surface area contributed by atoms with Gasteiger partial charge in [0.1, 0.15) is 17.2 Å². The number of amides is 1. The van der Waals surface area contributed by atoms with Gasteiger partial charge in [-0.2, -0.15) is 0 Å². The van der Waals surface area contributed by atoms with Crippen LogP contribution < -0.4 is 9.64 Å². The minimum atomic E-state index is -0.723. The van der Waals surface area contributed by atoms with E-state index in [1.165, 1.54) is 32.1 Å². The van der Waals surface area contributed by atoms with Gasteiger partial charge in [-0.05, 0) is 81.3 Å². The molecular formula is C38H47N3O4. The third kappa shape index (κ3) is 8.33. The molecule has 1 amide bonds. The van der Waals surface area contributed by atoms with Crippen LogP contribution in [0.25, 0.3) is 22.2 Å². The monoisotopic (exact) mass is 609 g/mol. The highest BCUT2D eigenvalue weighted by molar-refractivity contribution is 5.94. The molecule has 3 aromatic carbocycles. The van der Waals surface area contributed by atoms with Crippen LogP contribution >= 0.6 is 0 Å². The molecule has 7 heteroatoms. The number of ether oxygens (including phenoxy) is 2. The van der Waals surface area contributed by atoms with Crippen LogP contribution in [0.2, 0.25) is 0 Å². The largest absolute Gasteiger partial charge is 0.514 e. The standard InChI is InChI=1S/C38H47N3O4/c1-6-7-17-36-39-33-23-22-31(40(27(2)42)25-28-13-9-8-10-14-28)24-34(33)41(36)26-29-18-20-30(21-19-29)32-15-11-12-16-35(32)44-37(43)45-38(3,4)5/h11-12,15-16,18-24,28H,6-10,13-14,17,25-26H2,1-5H3. The molecule has 5 rings (SSSR count). The second kappa shape index (κ2) is 14.3. The lowest BCUT2D eigenvalue weighted by Crippen LogP contribution is -2.34. The van der Waals surface area contributed by atoms with Crippen LogP contribution in [0.1, 0.15) is 91.0 Å². The predicted molar refractivity (Wildman–Crippen MR) is 181 cm³/mol. The highest BCUT2D eigenvalue weighted by atomic mass is 16.7. The molecule has 1 aromatic heterocycles. The molecule has 238 valence electrons. The normalized spacial score (nSPS) is 14.0. The third-order valence-electron chi connectivity index (χ3n) is 8.50. The predicted octanol–water partition coefficient (Wildman–Crippen LogP) is 9.34. The SMILES string of the molecule is CCCCc1nc2ccc(N(CC3CCCCC3)C(C)=O)cc2n1Cc1ccc(-c2ccccc2OC(=O)OC(C)(C)C)cc1. The summed E-state index contributed by atoms with van der Waals surface area (Å²) in [6.07, 6.45) is 8.52. The van der Waals surface area contributed by atoms with Crippen LogP contribution in [0.5, 0.6) is 5.75 Å². The zero-order valence-electron chi connectivity index (χ0n) is 27.5. The van der Waals surface area contributed by atoms with Crippen molar-refractivity contribution in [2.24, 2.45) is 5.92 Å². The summed E-state index contributed by atoms with van der Waals surface area (Å²) in [5.41, 5.74) is 5.21. The molecule has 0 atom stereocenters. The molecule has 1 fully saturated rings. The van der Waals surface area contributed by atoms with E-state index in [0.717, 1.165) is 65.0 Å². The Bertz CT molecular complexity index is 1610. The molecule has 1 aliphatic carbocycles. The van der Waals surface area contributed by atoms with Crippen molar-refractivity contribution in [3.63, 3.8) is 0 Å². The fourth-order valence-electron chi connectivity index (χ4n) is 6.20. The van der Waals surface area contributed by atoms with Crippen molar-refractivity contribution in [1.29, 1.82) is 0 Å². The fourth-order valence-corrected chi connectivity index (χ4v) is 6.20. The second-order valence-electron chi connectivity index (χ2n) is 13.3. The Morgan fingerprint density at radius 3 is 2.40 bits per heavy atom. The zero-order valence-corrected chi connectivity index (χ0v) is 27.5. The Kier molecular flexibility index (Phi) is 10.3. The average Bonchev–Trinajstić information content (AvgIpc) is 3.35. The van der Waals surface area contributed by atoms with Crippen LogP contribution in [-0.4, -0.2) is 33.8 Å². The molecule has 1 aliphatic rings. The lowest BCUT2D eigenvalue weighted by Gasteiger charge is -2.29. The number of aromatic nitrogens is 2. The van der Waals surface area contributed by atoms with Crippen molar-refractivity contribution >= 4 is 28.8 Å². The number of nitrogens with zero attached hydrogens (tertiary/aromatic N) is 3. The molecule has 0 N–H and O–H groups in total. The van der Waals surface area contributed by atoms with E-state index in [1.807, 2.05) is 43.9 Å². The number of carbonyl (C=O) groups is 2. The van der Waals surface area contributed by atoms with Gasteiger partial charge in [0.15, 0.2) is 0 Å². The van der Waals surface area contributed by atoms with Crippen LogP contribution in [0.4, 0.5) is 10.5 Å². The number of anilines is 1. The molecule has 0 aliphatic heterocycles. The van der Waals surface area contributed by atoms with Gasteiger partial charge in [-0.1, -0.05) is 75.1 Å². The van der Waals surface area contributed by atoms with Gasteiger partial charge in [0.25, 0.3) is 0 Å². The maximum atomic E-state index is 12.8. The molecule has 0 saturated heterocycles. The number of benzene rings is 3. The quantitative estimate of drug-likeness (QED) is 0.132. The maximum absolute atomic E-state index is 12.8. The summed E-state index contributed by atoms with van der Waals surface area (Å²) in [5, 5.41) is 0. The highest BCUT2D eigenvalue weighted by Gasteiger charge is 2.22. The van der Waals surface area contributed by atoms with Gasteiger partial charge in [-0.15, -0.1) is 0 Å². The summed E-state index contributed by atoms with van der Waals surface area (Å²) >= 11 is 0. The van der Waals surface area contributed by atoms with Crippen molar-refractivity contribution in [2.75, 3.05) is 11.4 Å². The molecular weight excluding hydrogens is 562 g/mol. The number of hydrogen-bond acceptors (Lipinski definition) is 5. The average molecular weight is 610 g/mol. The van der Waals surface area contributed by atoms with E-state index in [1.54, 1.807) is 13.0 Å². The first-order valence-electron chi connectivity index (χ1n) is 16.5. The van der Waals surface area contributed by atoms with Crippen LogP contribution in [0.15, 0.2) is 66.7 Å². The smallest absolute Gasteiger partial charge is 0.428 e. The van der Waals surface area contributed by atoms with Gasteiger partial charge < -0.3 is 18.9 Å². The van der Waals surface area contributed by atoms with Gasteiger partial charge in [0.05, 0.1) is 11.0 Å². The summed E-state index contributed by atoms with van der Waals surface area (Å²) in [6.45, 7) is 10.8. The number of para-hydroxylation sites is 1.